The highest BCUT2D eigenvalue weighted by molar-refractivity contribution is 14.1. The van der Waals surface area contributed by atoms with Crippen molar-refractivity contribution in [2.24, 2.45) is 0 Å². The number of aromatic nitrogens is 1. The maximum Gasteiger partial charge on any atom is 0.257 e. The molecule has 0 atom stereocenters. The lowest BCUT2D eigenvalue weighted by molar-refractivity contribution is 0.0977. The number of anilines is 1. The molecule has 0 fully saturated rings. The molecule has 0 unspecified atom stereocenters. The lowest BCUT2D eigenvalue weighted by Crippen LogP contribution is -2.34. The topological polar surface area (TPSA) is 54.0 Å². The molecular weight excluding hydrogens is 477 g/mol. The van der Waals surface area contributed by atoms with Crippen LogP contribution in [0.25, 0.3) is 10.2 Å². The smallest absolute Gasteiger partial charge is 0.257 e. The van der Waals surface area contributed by atoms with Crippen molar-refractivity contribution < 1.29 is 4.79 Å². The molecule has 0 aliphatic rings. The van der Waals surface area contributed by atoms with Gasteiger partial charge >= 0.3 is 0 Å². The minimum atomic E-state index is -0.260. The SMILES string of the molecule is Cc1cc2sc(NC(=S)NC(=O)c3ccc(I)cc3)nc2cc1Cl. The van der Waals surface area contributed by atoms with Crippen LogP contribution in [0.4, 0.5) is 5.13 Å². The van der Waals surface area contributed by atoms with Crippen LogP contribution in [0.1, 0.15) is 15.9 Å². The van der Waals surface area contributed by atoms with Crippen LogP contribution in [0.5, 0.6) is 0 Å². The van der Waals surface area contributed by atoms with E-state index in [2.05, 4.69) is 38.2 Å². The molecule has 0 saturated carbocycles. The molecule has 0 aliphatic carbocycles. The zero-order valence-electron chi connectivity index (χ0n) is 12.4. The van der Waals surface area contributed by atoms with E-state index in [0.717, 1.165) is 19.4 Å². The van der Waals surface area contributed by atoms with Crippen LogP contribution < -0.4 is 10.6 Å². The Kier molecular flexibility index (Phi) is 5.33. The first-order valence-corrected chi connectivity index (χ1v) is 9.55. The average Bonchev–Trinajstić information content (AvgIpc) is 2.89. The average molecular weight is 488 g/mol. The van der Waals surface area contributed by atoms with Crippen LogP contribution in [-0.4, -0.2) is 16.0 Å². The summed E-state index contributed by atoms with van der Waals surface area (Å²) in [5.41, 5.74) is 2.34. The number of carbonyl (C=O) groups is 1. The van der Waals surface area contributed by atoms with Gasteiger partial charge in [-0.25, -0.2) is 4.98 Å². The summed E-state index contributed by atoms with van der Waals surface area (Å²) >= 11 is 14.9. The number of amides is 1. The fraction of sp³-hybridized carbons (Fsp3) is 0.0625. The third kappa shape index (κ3) is 4.02. The Morgan fingerprint density at radius 3 is 2.71 bits per heavy atom. The molecule has 0 saturated heterocycles. The number of hydrogen-bond acceptors (Lipinski definition) is 4. The fourth-order valence-electron chi connectivity index (χ4n) is 2.01. The second-order valence-corrected chi connectivity index (χ2v) is 8.10. The second-order valence-electron chi connectivity index (χ2n) is 5.00. The molecule has 3 rings (SSSR count). The number of nitrogens with zero attached hydrogens (tertiary/aromatic N) is 1. The maximum absolute atomic E-state index is 12.1. The van der Waals surface area contributed by atoms with Gasteiger partial charge in [-0.2, -0.15) is 0 Å². The van der Waals surface area contributed by atoms with Crippen LogP contribution in [0.3, 0.4) is 0 Å². The number of aryl methyl sites for hydroxylation is 1. The van der Waals surface area contributed by atoms with Crippen molar-refractivity contribution in [2.75, 3.05) is 5.32 Å². The predicted octanol–water partition coefficient (Wildman–Crippen LogP) is 4.99. The molecule has 1 heterocycles. The molecule has 122 valence electrons. The van der Waals surface area contributed by atoms with Crippen molar-refractivity contribution in [3.63, 3.8) is 0 Å². The minimum Gasteiger partial charge on any atom is -0.308 e. The van der Waals surface area contributed by atoms with Gasteiger partial charge in [0.2, 0.25) is 0 Å². The number of benzene rings is 2. The maximum atomic E-state index is 12.1. The number of rotatable bonds is 2. The zero-order chi connectivity index (χ0) is 17.3. The van der Waals surface area contributed by atoms with Crippen LogP contribution in [0, 0.1) is 10.5 Å². The molecule has 4 nitrogen and oxygen atoms in total. The zero-order valence-corrected chi connectivity index (χ0v) is 16.9. The summed E-state index contributed by atoms with van der Waals surface area (Å²) in [5.74, 6) is -0.260. The van der Waals surface area contributed by atoms with Crippen LogP contribution in [-0.2, 0) is 0 Å². The van der Waals surface area contributed by atoms with E-state index in [9.17, 15) is 4.79 Å². The molecule has 2 N–H and O–H groups in total. The van der Waals surface area contributed by atoms with Gasteiger partial charge in [0.05, 0.1) is 10.2 Å². The summed E-state index contributed by atoms with van der Waals surface area (Å²) in [6, 6.07) is 11.0. The van der Waals surface area contributed by atoms with Gasteiger partial charge in [0.25, 0.3) is 5.91 Å². The number of halogens is 2. The fourth-order valence-corrected chi connectivity index (χ4v) is 3.73. The molecule has 0 aliphatic heterocycles. The normalized spacial score (nSPS) is 10.6. The van der Waals surface area contributed by atoms with E-state index in [1.165, 1.54) is 11.3 Å². The second kappa shape index (κ2) is 7.30. The van der Waals surface area contributed by atoms with Crippen LogP contribution in [0.2, 0.25) is 5.02 Å². The quantitative estimate of drug-likeness (QED) is 0.395. The predicted molar refractivity (Wildman–Crippen MR) is 112 cm³/mol. The summed E-state index contributed by atoms with van der Waals surface area (Å²) in [6.07, 6.45) is 0. The van der Waals surface area contributed by atoms with Gasteiger partial charge in [-0.1, -0.05) is 22.9 Å². The Morgan fingerprint density at radius 2 is 2.00 bits per heavy atom. The molecule has 1 aromatic heterocycles. The highest BCUT2D eigenvalue weighted by Crippen LogP contribution is 2.30. The van der Waals surface area contributed by atoms with Gasteiger partial charge < -0.3 is 5.32 Å². The Morgan fingerprint density at radius 1 is 1.29 bits per heavy atom. The summed E-state index contributed by atoms with van der Waals surface area (Å²) in [4.78, 5) is 16.6. The van der Waals surface area contributed by atoms with Crippen molar-refractivity contribution >= 4 is 84.1 Å². The molecule has 0 spiro atoms. The third-order valence-corrected chi connectivity index (χ3v) is 5.49. The van der Waals surface area contributed by atoms with E-state index in [4.69, 9.17) is 23.8 Å². The molecule has 3 aromatic rings. The van der Waals surface area contributed by atoms with Crippen molar-refractivity contribution in [3.8, 4) is 0 Å². The number of carbonyl (C=O) groups excluding carboxylic acids is 1. The van der Waals surface area contributed by atoms with Crippen molar-refractivity contribution in [2.45, 2.75) is 6.92 Å². The standard InChI is InChI=1S/C16H11ClIN3OS2/c1-8-6-13-12(7-11(8)17)19-16(24-13)21-15(23)20-14(22)9-2-4-10(18)5-3-9/h2-7H,1H3,(H2,19,20,21,22,23). The molecular formula is C16H11ClIN3OS2. The number of nitrogens with one attached hydrogen (secondary N) is 2. The summed E-state index contributed by atoms with van der Waals surface area (Å²) in [7, 11) is 0. The first kappa shape index (κ1) is 17.5. The first-order chi connectivity index (χ1) is 11.4. The largest absolute Gasteiger partial charge is 0.308 e. The van der Waals surface area contributed by atoms with E-state index < -0.39 is 0 Å². The van der Waals surface area contributed by atoms with Crippen molar-refractivity contribution in [1.82, 2.24) is 10.3 Å². The molecule has 2 aromatic carbocycles. The van der Waals surface area contributed by atoms with E-state index in [0.29, 0.717) is 15.7 Å². The summed E-state index contributed by atoms with van der Waals surface area (Å²) < 4.78 is 2.07. The Hall–Kier alpha value is -1.29. The third-order valence-electron chi connectivity index (χ3n) is 3.22. The van der Waals surface area contributed by atoms with Gasteiger partial charge in [-0.15, -0.1) is 0 Å². The minimum absolute atomic E-state index is 0.209. The number of hydrogen-bond donors (Lipinski definition) is 2. The number of thiazole rings is 1. The lowest BCUT2D eigenvalue weighted by atomic mass is 10.2. The molecule has 24 heavy (non-hydrogen) atoms. The number of thiocarbonyl (C=S) groups is 1. The highest BCUT2D eigenvalue weighted by Gasteiger charge is 2.11. The van der Waals surface area contributed by atoms with Gasteiger partial charge in [0, 0.05) is 14.2 Å². The highest BCUT2D eigenvalue weighted by atomic mass is 127. The molecule has 0 bridgehead atoms. The molecule has 8 heteroatoms. The van der Waals surface area contributed by atoms with Crippen LogP contribution in [0.15, 0.2) is 36.4 Å². The Labute approximate surface area is 166 Å². The summed E-state index contributed by atoms with van der Waals surface area (Å²) in [6.45, 7) is 1.94. The monoisotopic (exact) mass is 487 g/mol. The van der Waals surface area contributed by atoms with Gasteiger partial charge in [0.15, 0.2) is 10.2 Å². The Bertz CT molecular complexity index is 901. The van der Waals surface area contributed by atoms with Crippen molar-refractivity contribution in [3.05, 3.63) is 56.1 Å². The number of fused-ring (bicyclic) bond motifs is 1. The van der Waals surface area contributed by atoms with Gasteiger partial charge in [0.1, 0.15) is 0 Å². The lowest BCUT2D eigenvalue weighted by Gasteiger charge is -2.07. The molecule has 1 amide bonds. The Balaban J connectivity index is 1.70. The van der Waals surface area contributed by atoms with Crippen molar-refractivity contribution in [1.29, 1.82) is 0 Å². The van der Waals surface area contributed by atoms with Crippen LogP contribution >= 0.6 is 57.7 Å². The van der Waals surface area contributed by atoms with E-state index in [1.54, 1.807) is 12.1 Å². The van der Waals surface area contributed by atoms with Gasteiger partial charge in [-0.3, -0.25) is 10.1 Å². The van der Waals surface area contributed by atoms with Gasteiger partial charge in [-0.05, 0) is 83.7 Å². The van der Waals surface area contributed by atoms with E-state index >= 15 is 0 Å². The van der Waals surface area contributed by atoms with E-state index in [1.807, 2.05) is 31.2 Å². The summed E-state index contributed by atoms with van der Waals surface area (Å²) in [5, 5.41) is 7.09. The first-order valence-electron chi connectivity index (χ1n) is 6.87. The van der Waals surface area contributed by atoms with E-state index in [-0.39, 0.29) is 11.0 Å². The molecule has 0 radical (unpaired) electrons.